The molecule has 1 aliphatic carbocycles. The van der Waals surface area contributed by atoms with Gasteiger partial charge >= 0.3 is 5.97 Å². The number of ether oxygens (including phenoxy) is 4. The zero-order valence-corrected chi connectivity index (χ0v) is 34.8. The highest BCUT2D eigenvalue weighted by Crippen LogP contribution is 2.55. The Morgan fingerprint density at radius 1 is 0.887 bits per heavy atom. The summed E-state index contributed by atoms with van der Waals surface area (Å²) in [5.41, 5.74) is -2.93. The van der Waals surface area contributed by atoms with Crippen LogP contribution in [0.5, 0.6) is 0 Å². The summed E-state index contributed by atoms with van der Waals surface area (Å²) in [4.78, 5) is 26.6. The van der Waals surface area contributed by atoms with Crippen LogP contribution in [-0.2, 0) is 28.5 Å². The second-order valence-electron chi connectivity index (χ2n) is 19.0. The standard InChI is InChI=1S/C44H74O9/c1-12-32(37(46)30(9)25(4)23-34-26(5)21-27(6)38(51-34)33(13-2)40(47)48)39-28(7)22-29(8)43(52-39)18-15-35(45)44(24-43)20-19-41(11,53-44)36-16-17-42(49,14-3)31(10)50-36/h15,18,25-36,38-39,45,49H,12-14,16-17,19-24H2,1-11H3,(H,47,48)/t25-,26-,27-,28-,29+,30-,31-,32?,33+,34?,35+,36?,38?,39?,41-,42+,43-,44-/m0/s1. The van der Waals surface area contributed by atoms with Crippen molar-refractivity contribution < 1.29 is 43.9 Å². The number of aliphatic carboxylic acids is 1. The molecule has 0 radical (unpaired) electrons. The smallest absolute Gasteiger partial charge is 0.309 e. The van der Waals surface area contributed by atoms with Crippen molar-refractivity contribution in [3.05, 3.63) is 12.2 Å². The minimum Gasteiger partial charge on any atom is -0.481 e. The van der Waals surface area contributed by atoms with E-state index in [0.717, 1.165) is 19.3 Å². The van der Waals surface area contributed by atoms with E-state index in [1.54, 1.807) is 0 Å². The van der Waals surface area contributed by atoms with Gasteiger partial charge in [0.2, 0.25) is 0 Å². The van der Waals surface area contributed by atoms with Crippen molar-refractivity contribution in [2.75, 3.05) is 0 Å². The van der Waals surface area contributed by atoms with Crippen molar-refractivity contribution in [3.8, 4) is 0 Å². The van der Waals surface area contributed by atoms with Gasteiger partial charge in [-0.1, -0.05) is 74.5 Å². The van der Waals surface area contributed by atoms with Crippen molar-refractivity contribution in [1.29, 1.82) is 0 Å². The van der Waals surface area contributed by atoms with Crippen LogP contribution >= 0.6 is 0 Å². The molecule has 0 bridgehead atoms. The molecule has 0 saturated carbocycles. The minimum atomic E-state index is -0.829. The molecule has 4 saturated heterocycles. The number of Topliss-reactive ketones (excluding diaryl/α,β-unsaturated/α-hetero) is 1. The zero-order valence-electron chi connectivity index (χ0n) is 34.8. The molecule has 4 fully saturated rings. The van der Waals surface area contributed by atoms with Gasteiger partial charge in [0.1, 0.15) is 17.5 Å². The Kier molecular flexibility index (Phi) is 13.1. The second kappa shape index (κ2) is 16.2. The Balaban J connectivity index is 1.29. The van der Waals surface area contributed by atoms with Gasteiger partial charge in [-0.3, -0.25) is 9.59 Å². The number of carbonyl (C=O) groups is 2. The Bertz CT molecular complexity index is 1320. The molecule has 5 aliphatic rings. The summed E-state index contributed by atoms with van der Waals surface area (Å²) in [7, 11) is 0. The maximum absolute atomic E-state index is 14.5. The lowest BCUT2D eigenvalue weighted by Crippen LogP contribution is -2.61. The average molecular weight is 747 g/mol. The summed E-state index contributed by atoms with van der Waals surface area (Å²) in [6.07, 6.45) is 9.70. The molecule has 5 rings (SSSR count). The van der Waals surface area contributed by atoms with Gasteiger partial charge in [0, 0.05) is 18.3 Å². The fourth-order valence-electron chi connectivity index (χ4n) is 11.3. The third-order valence-electron chi connectivity index (χ3n) is 15.4. The van der Waals surface area contributed by atoms with E-state index in [-0.39, 0.29) is 77.7 Å². The topological polar surface area (TPSA) is 132 Å². The molecular formula is C44H74O9. The first-order chi connectivity index (χ1) is 24.8. The van der Waals surface area contributed by atoms with E-state index in [9.17, 15) is 24.9 Å². The summed E-state index contributed by atoms with van der Waals surface area (Å²) < 4.78 is 27.4. The van der Waals surface area contributed by atoms with Crippen molar-refractivity contribution in [1.82, 2.24) is 0 Å². The maximum atomic E-state index is 14.5. The maximum Gasteiger partial charge on any atom is 0.309 e. The van der Waals surface area contributed by atoms with Crippen LogP contribution in [-0.4, -0.2) is 86.1 Å². The third kappa shape index (κ3) is 8.10. The molecule has 53 heavy (non-hydrogen) atoms. The van der Waals surface area contributed by atoms with E-state index in [1.165, 1.54) is 0 Å². The average Bonchev–Trinajstić information content (AvgIpc) is 3.45. The molecule has 2 spiro atoms. The molecule has 0 amide bonds. The normalized spacial score (nSPS) is 47.0. The van der Waals surface area contributed by atoms with E-state index in [1.807, 2.05) is 26.8 Å². The molecular weight excluding hydrogens is 672 g/mol. The Hall–Kier alpha value is -1.36. The molecule has 4 aliphatic heterocycles. The van der Waals surface area contributed by atoms with Crippen molar-refractivity contribution >= 4 is 11.8 Å². The fraction of sp³-hybridized carbons (Fsp3) is 0.909. The molecule has 9 heteroatoms. The third-order valence-corrected chi connectivity index (χ3v) is 15.4. The van der Waals surface area contributed by atoms with Gasteiger partial charge in [-0.2, -0.15) is 0 Å². The predicted molar refractivity (Wildman–Crippen MR) is 205 cm³/mol. The lowest BCUT2D eigenvalue weighted by molar-refractivity contribution is -0.259. The molecule has 304 valence electrons. The van der Waals surface area contributed by atoms with E-state index < -0.39 is 40.4 Å². The molecule has 18 atom stereocenters. The largest absolute Gasteiger partial charge is 0.481 e. The van der Waals surface area contributed by atoms with Crippen molar-refractivity contribution in [2.24, 2.45) is 47.3 Å². The first-order valence-electron chi connectivity index (χ1n) is 21.3. The van der Waals surface area contributed by atoms with Gasteiger partial charge in [0.15, 0.2) is 0 Å². The van der Waals surface area contributed by atoms with E-state index in [2.05, 4.69) is 61.5 Å². The van der Waals surface area contributed by atoms with Crippen LogP contribution in [0.25, 0.3) is 0 Å². The number of carboxylic acids is 1. The van der Waals surface area contributed by atoms with E-state index >= 15 is 0 Å². The predicted octanol–water partition coefficient (Wildman–Crippen LogP) is 7.92. The second-order valence-corrected chi connectivity index (χ2v) is 19.0. The highest BCUT2D eigenvalue weighted by Gasteiger charge is 2.62. The van der Waals surface area contributed by atoms with Crippen LogP contribution in [0.2, 0.25) is 0 Å². The molecule has 9 nitrogen and oxygen atoms in total. The van der Waals surface area contributed by atoms with Gasteiger partial charge in [-0.05, 0) is 108 Å². The highest BCUT2D eigenvalue weighted by molar-refractivity contribution is 5.84. The summed E-state index contributed by atoms with van der Waals surface area (Å²) in [5, 5.41) is 32.5. The van der Waals surface area contributed by atoms with Crippen LogP contribution in [0.1, 0.15) is 147 Å². The number of aliphatic hydroxyl groups is 2. The minimum absolute atomic E-state index is 0.0605. The zero-order chi connectivity index (χ0) is 39.3. The number of carbonyl (C=O) groups excluding carboxylic acids is 1. The molecule has 3 N–H and O–H groups in total. The number of carboxylic acid groups (broad SMARTS) is 1. The summed E-state index contributed by atoms with van der Waals surface area (Å²) in [6, 6.07) is 0. The van der Waals surface area contributed by atoms with Gasteiger partial charge in [-0.25, -0.2) is 0 Å². The van der Waals surface area contributed by atoms with E-state index in [0.29, 0.717) is 51.4 Å². The number of rotatable bonds is 12. The van der Waals surface area contributed by atoms with Crippen LogP contribution in [0.4, 0.5) is 0 Å². The number of hydrogen-bond acceptors (Lipinski definition) is 8. The lowest BCUT2D eigenvalue weighted by Gasteiger charge is -2.55. The fourth-order valence-corrected chi connectivity index (χ4v) is 11.3. The van der Waals surface area contributed by atoms with Crippen molar-refractivity contribution in [3.63, 3.8) is 0 Å². The number of aliphatic hydroxyl groups excluding tert-OH is 1. The summed E-state index contributed by atoms with van der Waals surface area (Å²) in [6.45, 7) is 23.0. The number of hydrogen-bond donors (Lipinski definition) is 3. The molecule has 0 aromatic heterocycles. The highest BCUT2D eigenvalue weighted by atomic mass is 16.6. The summed E-state index contributed by atoms with van der Waals surface area (Å²) in [5.74, 6) is -0.723. The SMILES string of the molecule is CCC(C(=O)[C@@H](C)[C@@H](C)CC1OC([C@@H](CC)C(=O)O)[C@@H](C)C[C@@H]1C)C1O[C@]2(C=C[C@@H](O)[C@]3(CC[C@@](C)(C4CC[C@](O)(CC)[C@H](C)O4)O3)C2)[C@H](C)C[C@@H]1C. The van der Waals surface area contributed by atoms with Gasteiger partial charge in [-0.15, -0.1) is 0 Å². The molecule has 4 heterocycles. The summed E-state index contributed by atoms with van der Waals surface area (Å²) >= 11 is 0. The molecule has 0 aromatic rings. The first-order valence-corrected chi connectivity index (χ1v) is 21.3. The van der Waals surface area contributed by atoms with Gasteiger partial charge in [0.05, 0.1) is 53.2 Å². The van der Waals surface area contributed by atoms with Crippen LogP contribution in [0.3, 0.4) is 0 Å². The number of ketones is 1. The van der Waals surface area contributed by atoms with Crippen LogP contribution < -0.4 is 0 Å². The van der Waals surface area contributed by atoms with E-state index in [4.69, 9.17) is 18.9 Å². The van der Waals surface area contributed by atoms with Gasteiger partial charge in [0.25, 0.3) is 0 Å². The quantitative estimate of drug-likeness (QED) is 0.171. The van der Waals surface area contributed by atoms with Crippen molar-refractivity contribution in [2.45, 2.75) is 206 Å². The van der Waals surface area contributed by atoms with Gasteiger partial charge < -0.3 is 34.3 Å². The molecule has 0 aromatic carbocycles. The Morgan fingerprint density at radius 2 is 1.55 bits per heavy atom. The molecule has 5 unspecified atom stereocenters. The Morgan fingerprint density at radius 3 is 2.15 bits per heavy atom. The first kappa shape index (κ1) is 42.8. The van der Waals surface area contributed by atoms with Crippen LogP contribution in [0, 0.1) is 47.3 Å². The lowest BCUT2D eigenvalue weighted by atomic mass is 9.65. The monoisotopic (exact) mass is 747 g/mol. The van der Waals surface area contributed by atoms with Crippen LogP contribution in [0.15, 0.2) is 12.2 Å². The Labute approximate surface area is 320 Å².